The molecule has 3 nitrogen and oxygen atoms in total. The summed E-state index contributed by atoms with van der Waals surface area (Å²) in [5.41, 5.74) is 1.16. The van der Waals surface area contributed by atoms with Crippen LogP contribution in [0, 0.1) is 6.92 Å². The van der Waals surface area contributed by atoms with E-state index in [1.54, 1.807) is 7.11 Å². The van der Waals surface area contributed by atoms with Crippen molar-refractivity contribution >= 4 is 22.9 Å². The Kier molecular flexibility index (Phi) is 4.47. The molecular weight excluding hydrogens is 293 g/mol. The van der Waals surface area contributed by atoms with Gasteiger partial charge in [0.15, 0.2) is 11.5 Å². The van der Waals surface area contributed by atoms with Crippen molar-refractivity contribution in [2.24, 2.45) is 0 Å². The molecule has 0 atom stereocenters. The highest BCUT2D eigenvalue weighted by Crippen LogP contribution is 2.27. The second kappa shape index (κ2) is 5.41. The molecule has 0 bridgehead atoms. The molecular formula is C10H14INO2. The highest BCUT2D eigenvalue weighted by molar-refractivity contribution is 14.1. The molecule has 14 heavy (non-hydrogen) atoms. The fraction of sp³-hybridized carbons (Fsp3) is 0.400. The van der Waals surface area contributed by atoms with Crippen LogP contribution in [0.15, 0.2) is 18.2 Å². The number of hydrogen-bond donors (Lipinski definition) is 0. The Morgan fingerprint density at radius 2 is 2.07 bits per heavy atom. The first-order chi connectivity index (χ1) is 6.63. The summed E-state index contributed by atoms with van der Waals surface area (Å²) >= 11 is 2.17. The van der Waals surface area contributed by atoms with Crippen LogP contribution in [0.1, 0.15) is 5.56 Å². The van der Waals surface area contributed by atoms with Crippen molar-refractivity contribution in [2.45, 2.75) is 6.92 Å². The Labute approximate surface area is 98.5 Å². The fourth-order valence-corrected chi connectivity index (χ4v) is 1.19. The molecule has 0 aliphatic rings. The lowest BCUT2D eigenvalue weighted by molar-refractivity contribution is 0.234. The average Bonchev–Trinajstić information content (AvgIpc) is 2.15. The van der Waals surface area contributed by atoms with Crippen LogP contribution in [0.25, 0.3) is 0 Å². The second-order valence-electron chi connectivity index (χ2n) is 3.03. The van der Waals surface area contributed by atoms with Crippen LogP contribution in [-0.2, 0) is 0 Å². The van der Waals surface area contributed by atoms with Gasteiger partial charge in [0.1, 0.15) is 6.73 Å². The summed E-state index contributed by atoms with van der Waals surface area (Å²) in [5, 5.41) is 0. The highest BCUT2D eigenvalue weighted by atomic mass is 127. The van der Waals surface area contributed by atoms with E-state index in [0.717, 1.165) is 17.1 Å². The van der Waals surface area contributed by atoms with E-state index in [9.17, 15) is 0 Å². The molecule has 0 aromatic heterocycles. The predicted molar refractivity (Wildman–Crippen MR) is 65.0 cm³/mol. The molecule has 0 saturated carbocycles. The smallest absolute Gasteiger partial charge is 0.163 e. The molecule has 0 aliphatic heterocycles. The molecule has 0 fully saturated rings. The van der Waals surface area contributed by atoms with Crippen molar-refractivity contribution in [1.29, 1.82) is 0 Å². The molecule has 0 unspecified atom stereocenters. The van der Waals surface area contributed by atoms with Crippen LogP contribution in [-0.4, -0.2) is 24.0 Å². The number of ether oxygens (including phenoxy) is 2. The van der Waals surface area contributed by atoms with Crippen molar-refractivity contribution in [3.63, 3.8) is 0 Å². The van der Waals surface area contributed by atoms with Gasteiger partial charge in [-0.05, 0) is 24.6 Å². The minimum atomic E-state index is 0.542. The minimum Gasteiger partial charge on any atom is -0.493 e. The first-order valence-electron chi connectivity index (χ1n) is 4.28. The zero-order valence-corrected chi connectivity index (χ0v) is 10.7. The topological polar surface area (TPSA) is 21.7 Å². The van der Waals surface area contributed by atoms with E-state index in [1.807, 2.05) is 35.3 Å². The van der Waals surface area contributed by atoms with Crippen LogP contribution < -0.4 is 9.47 Å². The zero-order valence-electron chi connectivity index (χ0n) is 8.58. The third-order valence-corrected chi connectivity index (χ3v) is 2.00. The van der Waals surface area contributed by atoms with E-state index in [-0.39, 0.29) is 0 Å². The third kappa shape index (κ3) is 3.34. The van der Waals surface area contributed by atoms with Crippen molar-refractivity contribution < 1.29 is 9.47 Å². The molecule has 0 N–H and O–H groups in total. The summed E-state index contributed by atoms with van der Waals surface area (Å²) in [6.07, 6.45) is 0. The molecule has 4 heteroatoms. The van der Waals surface area contributed by atoms with Crippen LogP contribution in [0.5, 0.6) is 11.5 Å². The number of hydrogen-bond acceptors (Lipinski definition) is 3. The number of rotatable bonds is 4. The van der Waals surface area contributed by atoms with Crippen LogP contribution in [0.3, 0.4) is 0 Å². The number of nitrogens with zero attached hydrogens (tertiary/aromatic N) is 1. The summed E-state index contributed by atoms with van der Waals surface area (Å²) in [6.45, 7) is 2.57. The summed E-state index contributed by atoms with van der Waals surface area (Å²) in [7, 11) is 3.59. The van der Waals surface area contributed by atoms with Gasteiger partial charge in [0.25, 0.3) is 0 Å². The van der Waals surface area contributed by atoms with Gasteiger partial charge in [-0.1, -0.05) is 6.07 Å². The van der Waals surface area contributed by atoms with Crippen molar-refractivity contribution in [3.05, 3.63) is 23.8 Å². The highest BCUT2D eigenvalue weighted by Gasteiger charge is 2.04. The standard InChI is InChI=1S/C10H14INO2/c1-8-4-5-9(10(6-8)13-3)14-7-12(2)11/h4-6H,7H2,1-3H3. The molecule has 0 aliphatic carbocycles. The van der Waals surface area contributed by atoms with Crippen molar-refractivity contribution in [3.8, 4) is 11.5 Å². The van der Waals surface area contributed by atoms with Crippen molar-refractivity contribution in [2.75, 3.05) is 20.9 Å². The monoisotopic (exact) mass is 307 g/mol. The van der Waals surface area contributed by atoms with Gasteiger partial charge in [0.2, 0.25) is 0 Å². The lowest BCUT2D eigenvalue weighted by Gasteiger charge is -2.13. The molecule has 0 radical (unpaired) electrons. The molecule has 1 aromatic rings. The number of aryl methyl sites for hydroxylation is 1. The summed E-state index contributed by atoms with van der Waals surface area (Å²) in [4.78, 5) is 0. The van der Waals surface area contributed by atoms with Crippen LogP contribution >= 0.6 is 22.9 Å². The second-order valence-corrected chi connectivity index (χ2v) is 4.68. The van der Waals surface area contributed by atoms with Gasteiger partial charge in [0, 0.05) is 29.9 Å². The maximum atomic E-state index is 5.54. The minimum absolute atomic E-state index is 0.542. The number of methoxy groups -OCH3 is 1. The maximum absolute atomic E-state index is 5.54. The average molecular weight is 307 g/mol. The lowest BCUT2D eigenvalue weighted by atomic mass is 10.2. The zero-order chi connectivity index (χ0) is 10.6. The van der Waals surface area contributed by atoms with Crippen LogP contribution in [0.2, 0.25) is 0 Å². The van der Waals surface area contributed by atoms with E-state index in [1.165, 1.54) is 0 Å². The van der Waals surface area contributed by atoms with E-state index in [0.29, 0.717) is 6.73 Å². The summed E-state index contributed by atoms with van der Waals surface area (Å²) in [6, 6.07) is 5.89. The lowest BCUT2D eigenvalue weighted by Crippen LogP contribution is -2.12. The van der Waals surface area contributed by atoms with E-state index >= 15 is 0 Å². The Morgan fingerprint density at radius 3 is 2.64 bits per heavy atom. The van der Waals surface area contributed by atoms with Crippen molar-refractivity contribution in [1.82, 2.24) is 3.11 Å². The van der Waals surface area contributed by atoms with Gasteiger partial charge < -0.3 is 9.47 Å². The molecule has 1 rings (SSSR count). The van der Waals surface area contributed by atoms with Gasteiger partial charge in [0.05, 0.1) is 7.11 Å². The first kappa shape index (κ1) is 11.6. The SMILES string of the molecule is COc1cc(C)ccc1OCN(C)I. The van der Waals surface area contributed by atoms with E-state index < -0.39 is 0 Å². The first-order valence-corrected chi connectivity index (χ1v) is 5.24. The molecule has 0 spiro atoms. The number of benzene rings is 1. The normalized spacial score (nSPS) is 10.4. The molecule has 0 amide bonds. The molecule has 78 valence electrons. The van der Waals surface area contributed by atoms with E-state index in [2.05, 4.69) is 22.9 Å². The predicted octanol–water partition coefficient (Wildman–Crippen LogP) is 2.62. The Balaban J connectivity index is 2.75. The Bertz CT molecular complexity index is 302. The van der Waals surface area contributed by atoms with Gasteiger partial charge in [-0.25, -0.2) is 3.11 Å². The maximum Gasteiger partial charge on any atom is 0.163 e. The largest absolute Gasteiger partial charge is 0.493 e. The molecule has 1 aromatic carbocycles. The number of halogens is 1. The van der Waals surface area contributed by atoms with Gasteiger partial charge in [-0.3, -0.25) is 0 Å². The van der Waals surface area contributed by atoms with Gasteiger partial charge in [-0.15, -0.1) is 0 Å². The van der Waals surface area contributed by atoms with E-state index in [4.69, 9.17) is 9.47 Å². The summed E-state index contributed by atoms with van der Waals surface area (Å²) < 4.78 is 12.7. The molecule has 0 heterocycles. The van der Waals surface area contributed by atoms with Gasteiger partial charge >= 0.3 is 0 Å². The van der Waals surface area contributed by atoms with Crippen LogP contribution in [0.4, 0.5) is 0 Å². The quantitative estimate of drug-likeness (QED) is 0.485. The fourth-order valence-electron chi connectivity index (χ4n) is 1.05. The van der Waals surface area contributed by atoms with Gasteiger partial charge in [-0.2, -0.15) is 0 Å². The third-order valence-electron chi connectivity index (χ3n) is 1.72. The summed E-state index contributed by atoms with van der Waals surface area (Å²) in [5.74, 6) is 1.56. The molecule has 0 saturated heterocycles. The Hall–Kier alpha value is -0.490. The Morgan fingerprint density at radius 1 is 1.36 bits per heavy atom.